The molecule has 33 heavy (non-hydrogen) atoms. The molecule has 0 bridgehead atoms. The molecule has 1 fully saturated rings. The second kappa shape index (κ2) is 9.49. The summed E-state index contributed by atoms with van der Waals surface area (Å²) in [6.45, 7) is 1.97. The molecule has 9 heteroatoms. The van der Waals surface area contributed by atoms with E-state index < -0.39 is 23.8 Å². The first kappa shape index (κ1) is 22.0. The molecule has 4 rings (SSSR count). The molecule has 1 N–H and O–H groups in total. The first-order chi connectivity index (χ1) is 16.0. The number of ether oxygens (including phenoxy) is 2. The molecule has 0 saturated carbocycles. The van der Waals surface area contributed by atoms with E-state index in [1.54, 1.807) is 60.8 Å². The largest absolute Gasteiger partial charge is 0.462 e. The Morgan fingerprint density at radius 1 is 1.00 bits per heavy atom. The Kier molecular flexibility index (Phi) is 6.32. The Morgan fingerprint density at radius 2 is 1.73 bits per heavy atom. The third-order valence-electron chi connectivity index (χ3n) is 4.65. The van der Waals surface area contributed by atoms with Gasteiger partial charge in [0.2, 0.25) is 0 Å². The van der Waals surface area contributed by atoms with Crippen LogP contribution in [0.25, 0.3) is 6.08 Å². The summed E-state index contributed by atoms with van der Waals surface area (Å²) < 4.78 is 10.2. The van der Waals surface area contributed by atoms with Gasteiger partial charge in [-0.2, -0.15) is 0 Å². The number of carbonyl (C=O) groups excluding carboxylic acids is 4. The van der Waals surface area contributed by atoms with Crippen LogP contribution < -0.4 is 15.2 Å². The lowest BCUT2D eigenvalue weighted by molar-refractivity contribution is -0.117. The van der Waals surface area contributed by atoms with Crippen LogP contribution in [0, 0.1) is 0 Å². The third-order valence-corrected chi connectivity index (χ3v) is 5.50. The minimum Gasteiger partial charge on any atom is -0.462 e. The van der Waals surface area contributed by atoms with Crippen molar-refractivity contribution in [2.45, 2.75) is 6.92 Å². The lowest BCUT2D eigenvalue weighted by Crippen LogP contribution is -2.35. The van der Waals surface area contributed by atoms with Crippen molar-refractivity contribution in [3.8, 4) is 5.75 Å². The Balaban J connectivity index is 1.46. The summed E-state index contributed by atoms with van der Waals surface area (Å²) in [5.41, 5.74) is 3.79. The molecule has 2 aromatic carbocycles. The van der Waals surface area contributed by atoms with Crippen LogP contribution in [0.4, 0.5) is 5.69 Å². The zero-order valence-electron chi connectivity index (χ0n) is 17.4. The predicted molar refractivity (Wildman–Crippen MR) is 122 cm³/mol. The maximum absolute atomic E-state index is 12.8. The van der Waals surface area contributed by atoms with Crippen LogP contribution in [0.1, 0.15) is 32.5 Å². The average molecular weight is 462 g/mol. The Bertz CT molecular complexity index is 1230. The second-order valence-electron chi connectivity index (χ2n) is 6.84. The van der Waals surface area contributed by atoms with Gasteiger partial charge in [0.15, 0.2) is 0 Å². The number of hydrogen-bond donors (Lipinski definition) is 1. The highest BCUT2D eigenvalue weighted by atomic mass is 32.1. The Labute approximate surface area is 193 Å². The highest BCUT2D eigenvalue weighted by molar-refractivity contribution is 7.12. The molecule has 0 radical (unpaired) electrons. The summed E-state index contributed by atoms with van der Waals surface area (Å²) in [5.74, 6) is -1.65. The number of benzene rings is 2. The van der Waals surface area contributed by atoms with Crippen molar-refractivity contribution in [3.05, 3.63) is 87.6 Å². The van der Waals surface area contributed by atoms with Crippen molar-refractivity contribution in [3.63, 3.8) is 0 Å². The minimum absolute atomic E-state index is 0.0483. The maximum atomic E-state index is 12.8. The molecule has 166 valence electrons. The van der Waals surface area contributed by atoms with E-state index in [0.29, 0.717) is 27.4 Å². The number of hydrazine groups is 1. The normalized spacial score (nSPS) is 14.3. The van der Waals surface area contributed by atoms with Gasteiger partial charge in [-0.05, 0) is 66.4 Å². The van der Waals surface area contributed by atoms with Crippen LogP contribution in [0.3, 0.4) is 0 Å². The molecule has 3 aromatic rings. The van der Waals surface area contributed by atoms with Gasteiger partial charge in [0.1, 0.15) is 16.2 Å². The molecule has 0 unspecified atom stereocenters. The summed E-state index contributed by atoms with van der Waals surface area (Å²) in [6, 6.07) is 16.0. The first-order valence-electron chi connectivity index (χ1n) is 9.96. The number of carbonyl (C=O) groups is 4. The van der Waals surface area contributed by atoms with Crippen molar-refractivity contribution >= 4 is 46.9 Å². The molecular formula is C24H18N2O6S. The van der Waals surface area contributed by atoms with Gasteiger partial charge in [0.05, 0.1) is 17.9 Å². The third kappa shape index (κ3) is 4.83. The number of rotatable bonds is 6. The quantitative estimate of drug-likeness (QED) is 0.260. The number of esters is 2. The fraction of sp³-hybridized carbons (Fsp3) is 0.0833. The van der Waals surface area contributed by atoms with Gasteiger partial charge in [-0.3, -0.25) is 15.0 Å². The van der Waals surface area contributed by atoms with E-state index in [1.807, 2.05) is 0 Å². The van der Waals surface area contributed by atoms with Gasteiger partial charge in [0.25, 0.3) is 11.8 Å². The molecule has 1 saturated heterocycles. The fourth-order valence-corrected chi connectivity index (χ4v) is 3.65. The summed E-state index contributed by atoms with van der Waals surface area (Å²) in [5, 5.41) is 2.90. The van der Waals surface area contributed by atoms with Gasteiger partial charge in [-0.25, -0.2) is 14.6 Å². The summed E-state index contributed by atoms with van der Waals surface area (Å²) >= 11 is 1.28. The molecule has 2 heterocycles. The molecule has 0 aliphatic carbocycles. The summed E-state index contributed by atoms with van der Waals surface area (Å²) in [7, 11) is 0. The molecule has 0 spiro atoms. The van der Waals surface area contributed by atoms with Crippen LogP contribution in [0.2, 0.25) is 0 Å². The molecule has 1 aromatic heterocycles. The predicted octanol–water partition coefficient (Wildman–Crippen LogP) is 3.61. The minimum atomic E-state index is -0.553. The van der Waals surface area contributed by atoms with E-state index in [2.05, 4.69) is 5.43 Å². The molecule has 1 aliphatic rings. The van der Waals surface area contributed by atoms with Gasteiger partial charge in [-0.15, -0.1) is 11.3 Å². The van der Waals surface area contributed by atoms with E-state index in [0.717, 1.165) is 5.01 Å². The molecular weight excluding hydrogens is 444 g/mol. The van der Waals surface area contributed by atoms with Crippen LogP contribution >= 0.6 is 11.3 Å². The number of thiophene rings is 1. The van der Waals surface area contributed by atoms with Crippen molar-refractivity contribution in [2.24, 2.45) is 0 Å². The standard InChI is InChI=1S/C24H18N2O6S/c1-2-31-23(29)16-7-9-17(10-8-16)26-22(28)19(21(27)25-26)14-15-5-11-18(12-6-15)32-24(30)20-4-3-13-33-20/h3-14H,2H2,1H3,(H,25,27)/b19-14-. The van der Waals surface area contributed by atoms with Gasteiger partial charge < -0.3 is 9.47 Å². The highest BCUT2D eigenvalue weighted by Gasteiger charge is 2.34. The molecule has 2 amide bonds. The van der Waals surface area contributed by atoms with E-state index in [1.165, 1.54) is 29.5 Å². The fourth-order valence-electron chi connectivity index (χ4n) is 3.05. The van der Waals surface area contributed by atoms with Crippen LogP contribution in [0.5, 0.6) is 5.75 Å². The summed E-state index contributed by atoms with van der Waals surface area (Å²) in [4.78, 5) is 49.5. The van der Waals surface area contributed by atoms with E-state index in [-0.39, 0.29) is 12.2 Å². The van der Waals surface area contributed by atoms with Crippen LogP contribution in [-0.2, 0) is 14.3 Å². The van der Waals surface area contributed by atoms with Crippen molar-refractivity contribution in [1.29, 1.82) is 0 Å². The second-order valence-corrected chi connectivity index (χ2v) is 7.79. The maximum Gasteiger partial charge on any atom is 0.353 e. The molecule has 0 atom stereocenters. The SMILES string of the molecule is CCOC(=O)c1ccc(N2NC(=O)/C(=C/c3ccc(OC(=O)c4cccs4)cc3)C2=O)cc1. The van der Waals surface area contributed by atoms with Gasteiger partial charge in [0, 0.05) is 0 Å². The first-order valence-corrected chi connectivity index (χ1v) is 10.8. The lowest BCUT2D eigenvalue weighted by atomic mass is 10.1. The van der Waals surface area contributed by atoms with Crippen molar-refractivity contribution in [1.82, 2.24) is 5.43 Å². The van der Waals surface area contributed by atoms with Crippen LogP contribution in [0.15, 0.2) is 71.6 Å². The van der Waals surface area contributed by atoms with Crippen LogP contribution in [-0.4, -0.2) is 30.4 Å². The van der Waals surface area contributed by atoms with Gasteiger partial charge in [-0.1, -0.05) is 18.2 Å². The Morgan fingerprint density at radius 3 is 2.36 bits per heavy atom. The number of nitrogens with one attached hydrogen (secondary N) is 1. The van der Waals surface area contributed by atoms with Crippen molar-refractivity contribution < 1.29 is 28.7 Å². The van der Waals surface area contributed by atoms with E-state index in [9.17, 15) is 19.2 Å². The Hall–Kier alpha value is -4.24. The average Bonchev–Trinajstić information content (AvgIpc) is 3.45. The zero-order chi connectivity index (χ0) is 23.4. The number of nitrogens with zero attached hydrogens (tertiary/aromatic N) is 1. The summed E-state index contributed by atoms with van der Waals surface area (Å²) in [6.07, 6.45) is 1.45. The lowest BCUT2D eigenvalue weighted by Gasteiger charge is -2.14. The highest BCUT2D eigenvalue weighted by Crippen LogP contribution is 2.23. The van der Waals surface area contributed by atoms with E-state index >= 15 is 0 Å². The van der Waals surface area contributed by atoms with Crippen molar-refractivity contribution in [2.75, 3.05) is 11.6 Å². The van der Waals surface area contributed by atoms with Gasteiger partial charge >= 0.3 is 11.9 Å². The number of hydrogen-bond acceptors (Lipinski definition) is 7. The van der Waals surface area contributed by atoms with E-state index in [4.69, 9.17) is 9.47 Å². The number of amides is 2. The molecule has 8 nitrogen and oxygen atoms in total. The topological polar surface area (TPSA) is 102 Å². The molecule has 1 aliphatic heterocycles. The number of anilines is 1. The zero-order valence-corrected chi connectivity index (χ0v) is 18.3. The smallest absolute Gasteiger partial charge is 0.353 e. The monoisotopic (exact) mass is 462 g/mol.